The molecule has 20 nitrogen and oxygen atoms in total. The van der Waals surface area contributed by atoms with E-state index in [0.29, 0.717) is 0 Å². The number of esters is 2. The van der Waals surface area contributed by atoms with Gasteiger partial charge in [0.25, 0.3) is 20.2 Å². The number of hydrogen-bond donors (Lipinski definition) is 6. The molecule has 2 amide bonds. The highest BCUT2D eigenvalue weighted by Crippen LogP contribution is 2.38. The Morgan fingerprint density at radius 1 is 0.615 bits per heavy atom. The Morgan fingerprint density at radius 2 is 1.08 bits per heavy atom. The van der Waals surface area contributed by atoms with E-state index in [1.54, 1.807) is 0 Å². The van der Waals surface area contributed by atoms with Crippen LogP contribution in [-0.4, -0.2) is 76.1 Å². The summed E-state index contributed by atoms with van der Waals surface area (Å²) < 4.78 is 84.7. The van der Waals surface area contributed by atoms with Gasteiger partial charge in [-0.05, 0) is 36.4 Å². The van der Waals surface area contributed by atoms with Gasteiger partial charge in [-0.25, -0.2) is 0 Å². The van der Waals surface area contributed by atoms with Gasteiger partial charge in [-0.3, -0.25) is 28.3 Å². The average Bonchev–Trinajstić information content (AvgIpc) is 3.01. The predicted octanol–water partition coefficient (Wildman–Crippen LogP) is 3.25. The van der Waals surface area contributed by atoms with E-state index in [2.05, 4.69) is 20.9 Å². The molecule has 0 atom stereocenters. The van der Waals surface area contributed by atoms with Crippen LogP contribution >= 0.6 is 0 Å². The number of carbonyl (C=O) groups excluding carboxylic acids is 4. The van der Waals surface area contributed by atoms with E-state index in [-0.39, 0.29) is 78.0 Å². The molecule has 0 unspecified atom stereocenters. The van der Waals surface area contributed by atoms with E-state index >= 15 is 0 Å². The minimum absolute atomic E-state index is 0.0233. The Morgan fingerprint density at radius 3 is 1.56 bits per heavy atom. The number of nitrogen functional groups attached to an aromatic ring is 2. The molecular weight excluding hydrogens is 732 g/mol. The Kier molecular flexibility index (Phi) is 15.4. The van der Waals surface area contributed by atoms with E-state index in [1.807, 2.05) is 0 Å². The molecule has 282 valence electrons. The summed E-state index contributed by atoms with van der Waals surface area (Å²) in [5.41, 5.74) is 11.6. The van der Waals surface area contributed by atoms with Crippen LogP contribution in [0.5, 0.6) is 11.5 Å². The van der Waals surface area contributed by atoms with Crippen LogP contribution < -0.4 is 31.6 Å². The van der Waals surface area contributed by atoms with Gasteiger partial charge in [0, 0.05) is 51.2 Å². The Labute approximate surface area is 298 Å². The monoisotopic (exact) mass is 768 g/mol. The van der Waals surface area contributed by atoms with Crippen molar-refractivity contribution >= 4 is 78.1 Å². The van der Waals surface area contributed by atoms with Crippen LogP contribution in [0, 0.1) is 0 Å². The number of amides is 2. The van der Waals surface area contributed by atoms with Gasteiger partial charge in [0.1, 0.15) is 59.1 Å². The number of nitrogens with two attached hydrogens (primary N) is 2. The van der Waals surface area contributed by atoms with E-state index < -0.39 is 47.9 Å². The molecule has 0 radical (unpaired) electrons. The van der Waals surface area contributed by atoms with Crippen LogP contribution in [0.4, 0.5) is 34.1 Å². The summed E-state index contributed by atoms with van der Waals surface area (Å²) in [5.74, 6) is -1.54. The number of nitrogens with zero attached hydrogens (tertiary/aromatic N) is 2. The number of rotatable bonds is 14. The van der Waals surface area contributed by atoms with Crippen LogP contribution in [0.1, 0.15) is 27.7 Å². The predicted molar refractivity (Wildman–Crippen MR) is 185 cm³/mol. The average molecular weight is 769 g/mol. The van der Waals surface area contributed by atoms with Crippen molar-refractivity contribution in [1.29, 1.82) is 0 Å². The third-order valence-corrected chi connectivity index (χ3v) is 7.61. The van der Waals surface area contributed by atoms with Gasteiger partial charge in [0.05, 0.1) is 11.4 Å². The zero-order chi connectivity index (χ0) is 39.2. The molecular formula is C30H36N6O14S2. The molecule has 0 aliphatic carbocycles. The van der Waals surface area contributed by atoms with Crippen molar-refractivity contribution in [2.75, 3.05) is 48.5 Å². The lowest BCUT2D eigenvalue weighted by Crippen LogP contribution is -2.11. The van der Waals surface area contributed by atoms with Gasteiger partial charge in [-0.1, -0.05) is 0 Å². The van der Waals surface area contributed by atoms with Crippen LogP contribution in [0.2, 0.25) is 0 Å². The molecule has 0 saturated carbocycles. The quantitative estimate of drug-likeness (QED) is 0.0451. The first kappa shape index (κ1) is 42.3. The van der Waals surface area contributed by atoms with Gasteiger partial charge in [0.15, 0.2) is 0 Å². The standard InChI is InChI=1S/C22H26N4O10S.C8H10N2O4S/c1-13(27)24-16-4-5-18(22(10-16)37(30,31)32)25-26-19-12-20(35-8-6-33-14(2)28)17(23)11-21(19)36-9-7-34-15(3)29;1-5(11)10-6-2-3-7(9)8(4-6)15(12,13)14/h4-5,10-12H,6-9,23H2,1-3H3,(H,24,27)(H,30,31,32);2-4H,9H2,1H3,(H,10,11)(H,12,13,14). The topological polar surface area (TPSA) is 315 Å². The van der Waals surface area contributed by atoms with E-state index in [0.717, 1.165) is 12.1 Å². The number of hydrogen-bond acceptors (Lipinski definition) is 16. The highest BCUT2D eigenvalue weighted by Gasteiger charge is 2.18. The summed E-state index contributed by atoms with van der Waals surface area (Å²) in [7, 11) is -9.11. The van der Waals surface area contributed by atoms with Crippen molar-refractivity contribution < 1.29 is 64.1 Å². The summed E-state index contributed by atoms with van der Waals surface area (Å²) >= 11 is 0. The van der Waals surface area contributed by atoms with Gasteiger partial charge >= 0.3 is 11.9 Å². The van der Waals surface area contributed by atoms with Crippen molar-refractivity contribution in [3.63, 3.8) is 0 Å². The lowest BCUT2D eigenvalue weighted by atomic mass is 10.2. The molecule has 3 rings (SSSR count). The Balaban J connectivity index is 0.000000519. The fourth-order valence-corrected chi connectivity index (χ4v) is 5.08. The van der Waals surface area contributed by atoms with Crippen molar-refractivity contribution in [3.05, 3.63) is 48.5 Å². The Bertz CT molecular complexity index is 2050. The maximum absolute atomic E-state index is 11.9. The van der Waals surface area contributed by atoms with Gasteiger partial charge in [0.2, 0.25) is 11.8 Å². The fraction of sp³-hybridized carbons (Fsp3) is 0.267. The molecule has 0 bridgehead atoms. The second kappa shape index (κ2) is 19.0. The summed E-state index contributed by atoms with van der Waals surface area (Å²) in [6, 6.07) is 10.2. The third-order valence-electron chi connectivity index (χ3n) is 5.82. The molecule has 0 aliphatic rings. The first-order chi connectivity index (χ1) is 24.2. The summed E-state index contributed by atoms with van der Waals surface area (Å²) in [4.78, 5) is 42.9. The number of carbonyl (C=O) groups is 4. The molecule has 0 aromatic heterocycles. The summed E-state index contributed by atoms with van der Waals surface area (Å²) in [6.45, 7) is 4.82. The lowest BCUT2D eigenvalue weighted by molar-refractivity contribution is -0.142. The lowest BCUT2D eigenvalue weighted by Gasteiger charge is -2.14. The van der Waals surface area contributed by atoms with Crippen LogP contribution in [0.25, 0.3) is 0 Å². The fourth-order valence-electron chi connectivity index (χ4n) is 3.79. The Hall–Kier alpha value is -5.84. The second-order valence-corrected chi connectivity index (χ2v) is 13.0. The van der Waals surface area contributed by atoms with Crippen molar-refractivity contribution in [2.24, 2.45) is 10.2 Å². The van der Waals surface area contributed by atoms with E-state index in [1.165, 1.54) is 64.1 Å². The largest absolute Gasteiger partial charge is 0.488 e. The first-order valence-corrected chi connectivity index (χ1v) is 17.5. The zero-order valence-corrected chi connectivity index (χ0v) is 29.7. The van der Waals surface area contributed by atoms with Crippen LogP contribution in [0.15, 0.2) is 68.6 Å². The first-order valence-electron chi connectivity index (χ1n) is 14.6. The summed E-state index contributed by atoms with van der Waals surface area (Å²) in [5, 5.41) is 12.7. The van der Waals surface area contributed by atoms with Crippen LogP contribution in [-0.2, 0) is 48.9 Å². The van der Waals surface area contributed by atoms with Crippen molar-refractivity contribution in [3.8, 4) is 11.5 Å². The minimum atomic E-state index is -4.74. The molecule has 52 heavy (non-hydrogen) atoms. The molecule has 3 aromatic rings. The molecule has 0 saturated heterocycles. The maximum Gasteiger partial charge on any atom is 0.302 e. The number of benzene rings is 3. The van der Waals surface area contributed by atoms with Crippen molar-refractivity contribution in [2.45, 2.75) is 37.5 Å². The molecule has 3 aromatic carbocycles. The maximum atomic E-state index is 11.9. The zero-order valence-electron chi connectivity index (χ0n) is 28.1. The molecule has 8 N–H and O–H groups in total. The summed E-state index contributed by atoms with van der Waals surface area (Å²) in [6.07, 6.45) is 0. The number of azo groups is 1. The molecule has 0 heterocycles. The van der Waals surface area contributed by atoms with E-state index in [4.69, 9.17) is 35.0 Å². The van der Waals surface area contributed by atoms with Gasteiger partial charge < -0.3 is 41.0 Å². The molecule has 22 heteroatoms. The number of ether oxygens (including phenoxy) is 4. The SMILES string of the molecule is CC(=O)Nc1ccc(N)c(S(=O)(=O)O)c1.CC(=O)Nc1ccc(N=Nc2cc(OCCOC(C)=O)c(N)cc2OCCOC(C)=O)c(S(=O)(=O)O)c1. The number of anilines is 4. The molecule has 0 spiro atoms. The third kappa shape index (κ3) is 14.6. The van der Waals surface area contributed by atoms with E-state index in [9.17, 15) is 40.6 Å². The highest BCUT2D eigenvalue weighted by molar-refractivity contribution is 7.86. The molecule has 0 fully saturated rings. The normalized spacial score (nSPS) is 11.1. The molecule has 0 aliphatic heterocycles. The minimum Gasteiger partial charge on any atom is -0.488 e. The smallest absolute Gasteiger partial charge is 0.302 e. The van der Waals surface area contributed by atoms with Gasteiger partial charge in [-0.15, -0.1) is 10.2 Å². The number of nitrogens with one attached hydrogen (secondary N) is 2. The second-order valence-electron chi connectivity index (χ2n) is 10.2. The highest BCUT2D eigenvalue weighted by atomic mass is 32.2. The van der Waals surface area contributed by atoms with Gasteiger partial charge in [-0.2, -0.15) is 16.8 Å². The van der Waals surface area contributed by atoms with Crippen molar-refractivity contribution in [1.82, 2.24) is 0 Å². The van der Waals surface area contributed by atoms with Crippen LogP contribution in [0.3, 0.4) is 0 Å².